The van der Waals surface area contributed by atoms with Crippen LogP contribution >= 0.6 is 34.4 Å². The van der Waals surface area contributed by atoms with E-state index in [2.05, 4.69) is 27.6 Å². The highest BCUT2D eigenvalue weighted by molar-refractivity contribution is 14.1. The van der Waals surface area contributed by atoms with Gasteiger partial charge < -0.3 is 0 Å². The van der Waals surface area contributed by atoms with E-state index in [9.17, 15) is 9.59 Å². The van der Waals surface area contributed by atoms with Crippen molar-refractivity contribution in [2.24, 2.45) is 0 Å². The number of hydrogen-bond acceptors (Lipinski definition) is 4. The first-order chi connectivity index (χ1) is 13.6. The highest BCUT2D eigenvalue weighted by Gasteiger charge is 2.15. The quantitative estimate of drug-likeness (QED) is 0.169. The molecule has 0 spiro atoms. The average molecular weight is 498 g/mol. The van der Waals surface area contributed by atoms with Crippen LogP contribution in [-0.4, -0.2) is 21.1 Å². The highest BCUT2D eigenvalue weighted by atomic mass is 127. The van der Waals surface area contributed by atoms with E-state index in [1.807, 2.05) is 66.7 Å². The van der Waals surface area contributed by atoms with Gasteiger partial charge in [-0.1, -0.05) is 60.3 Å². The summed E-state index contributed by atoms with van der Waals surface area (Å²) in [7, 11) is 0. The molecule has 0 unspecified atom stereocenters. The number of nitrogens with zero attached hydrogens (tertiary/aromatic N) is 2. The predicted octanol–water partition coefficient (Wildman–Crippen LogP) is 4.97. The lowest BCUT2D eigenvalue weighted by atomic mass is 10.2. The zero-order valence-corrected chi connectivity index (χ0v) is 17.7. The first-order valence-corrected chi connectivity index (χ1v) is 10.7. The Kier molecular flexibility index (Phi) is 5.59. The number of fused-ring (bicyclic) bond motifs is 1. The van der Waals surface area contributed by atoms with E-state index in [1.54, 1.807) is 16.7 Å². The third-order valence-electron chi connectivity index (χ3n) is 4.24. The molecular weight excluding hydrogens is 483 g/mol. The number of rotatable bonds is 5. The normalized spacial score (nSPS) is 10.9. The molecule has 0 aliphatic rings. The summed E-state index contributed by atoms with van der Waals surface area (Å²) in [6, 6.07) is 24.2. The van der Waals surface area contributed by atoms with Crippen LogP contribution < -0.4 is 5.56 Å². The molecule has 1 aromatic heterocycles. The average Bonchev–Trinajstić information content (AvgIpc) is 2.74. The molecule has 1 heterocycles. The Morgan fingerprint density at radius 3 is 2.36 bits per heavy atom. The van der Waals surface area contributed by atoms with E-state index < -0.39 is 0 Å². The topological polar surface area (TPSA) is 52.0 Å². The fourth-order valence-corrected chi connectivity index (χ4v) is 4.27. The molecule has 0 N–H and O–H groups in total. The van der Waals surface area contributed by atoms with Crippen molar-refractivity contribution < 1.29 is 4.79 Å². The lowest BCUT2D eigenvalue weighted by Crippen LogP contribution is -2.22. The Morgan fingerprint density at radius 1 is 0.964 bits per heavy atom. The van der Waals surface area contributed by atoms with Crippen molar-refractivity contribution in [3.8, 4) is 5.69 Å². The molecule has 0 bridgehead atoms. The van der Waals surface area contributed by atoms with Crippen LogP contribution in [0.5, 0.6) is 0 Å². The Balaban J connectivity index is 1.79. The van der Waals surface area contributed by atoms with Gasteiger partial charge in [0.05, 0.1) is 22.3 Å². The molecule has 0 atom stereocenters. The number of benzene rings is 3. The van der Waals surface area contributed by atoms with Gasteiger partial charge in [0.25, 0.3) is 5.56 Å². The molecule has 138 valence electrons. The smallest absolute Gasteiger partial charge is 0.266 e. The molecule has 0 saturated carbocycles. The molecule has 0 aliphatic carbocycles. The fraction of sp³-hybridized carbons (Fsp3) is 0.0455. The maximum Gasteiger partial charge on any atom is 0.266 e. The highest BCUT2D eigenvalue weighted by Crippen LogP contribution is 2.23. The summed E-state index contributed by atoms with van der Waals surface area (Å²) in [5, 5.41) is 1.07. The number of thioether (sulfide) groups is 1. The van der Waals surface area contributed by atoms with Crippen molar-refractivity contribution in [1.82, 2.24) is 9.55 Å². The summed E-state index contributed by atoms with van der Waals surface area (Å²) < 4.78 is 2.56. The van der Waals surface area contributed by atoms with Crippen molar-refractivity contribution in [3.63, 3.8) is 0 Å². The number of hydrogen-bond donors (Lipinski definition) is 0. The van der Waals surface area contributed by atoms with E-state index in [-0.39, 0.29) is 17.1 Å². The Labute approximate surface area is 179 Å². The Morgan fingerprint density at radius 2 is 1.64 bits per heavy atom. The molecule has 6 heteroatoms. The second kappa shape index (κ2) is 8.28. The van der Waals surface area contributed by atoms with Crippen molar-refractivity contribution in [1.29, 1.82) is 0 Å². The minimum atomic E-state index is -0.135. The second-order valence-corrected chi connectivity index (χ2v) is 8.30. The van der Waals surface area contributed by atoms with Gasteiger partial charge >= 0.3 is 0 Å². The number of Topliss-reactive ketones (excluding diaryl/α,β-unsaturated/α-hetero) is 1. The molecular formula is C22H15IN2O2S. The number of aromatic nitrogens is 2. The maximum atomic E-state index is 13.2. The summed E-state index contributed by atoms with van der Waals surface area (Å²) in [4.78, 5) is 30.4. The van der Waals surface area contributed by atoms with Gasteiger partial charge in [-0.25, -0.2) is 4.98 Å². The Bertz CT molecular complexity index is 1210. The number of carbonyl (C=O) groups is 1. The monoisotopic (exact) mass is 498 g/mol. The maximum absolute atomic E-state index is 13.2. The van der Waals surface area contributed by atoms with Gasteiger partial charge in [-0.05, 0) is 52.9 Å². The van der Waals surface area contributed by atoms with Crippen LogP contribution in [0.25, 0.3) is 16.6 Å². The SMILES string of the molecule is O=C(CSc1nc2ccc(I)cc2c(=O)n1-c1ccccc1)c1ccccc1. The lowest BCUT2D eigenvalue weighted by molar-refractivity contribution is 0.102. The predicted molar refractivity (Wildman–Crippen MR) is 122 cm³/mol. The summed E-state index contributed by atoms with van der Waals surface area (Å²) in [5.41, 5.74) is 1.88. The van der Waals surface area contributed by atoms with Gasteiger partial charge in [-0.15, -0.1) is 0 Å². The van der Waals surface area contributed by atoms with Gasteiger partial charge in [0.2, 0.25) is 0 Å². The van der Waals surface area contributed by atoms with Crippen molar-refractivity contribution >= 4 is 51.0 Å². The number of ketones is 1. The Hall–Kier alpha value is -2.45. The zero-order chi connectivity index (χ0) is 19.5. The van der Waals surface area contributed by atoms with Crippen LogP contribution in [0.4, 0.5) is 0 Å². The standard InChI is InChI=1S/C22H15IN2O2S/c23-16-11-12-19-18(13-16)21(27)25(17-9-5-2-6-10-17)22(24-19)28-14-20(26)15-7-3-1-4-8-15/h1-13H,14H2. The van der Waals surface area contributed by atoms with Crippen LogP contribution in [-0.2, 0) is 0 Å². The lowest BCUT2D eigenvalue weighted by Gasteiger charge is -2.13. The third-order valence-corrected chi connectivity index (χ3v) is 5.85. The van der Waals surface area contributed by atoms with Crippen LogP contribution in [0.1, 0.15) is 10.4 Å². The van der Waals surface area contributed by atoms with Gasteiger partial charge in [-0.2, -0.15) is 0 Å². The third kappa shape index (κ3) is 3.88. The summed E-state index contributed by atoms with van der Waals surface area (Å²) in [5.74, 6) is 0.210. The van der Waals surface area contributed by atoms with E-state index in [0.717, 1.165) is 9.26 Å². The summed E-state index contributed by atoms with van der Waals surface area (Å²) in [6.07, 6.45) is 0. The molecule has 0 saturated heterocycles. The van der Waals surface area contributed by atoms with Crippen LogP contribution in [0.2, 0.25) is 0 Å². The van der Waals surface area contributed by atoms with Crippen LogP contribution in [0.15, 0.2) is 88.8 Å². The number of para-hydroxylation sites is 1. The largest absolute Gasteiger partial charge is 0.293 e. The molecule has 0 amide bonds. The van der Waals surface area contributed by atoms with Gasteiger partial charge in [-0.3, -0.25) is 14.2 Å². The van der Waals surface area contributed by atoms with Crippen molar-refractivity contribution in [2.45, 2.75) is 5.16 Å². The molecule has 28 heavy (non-hydrogen) atoms. The van der Waals surface area contributed by atoms with Crippen LogP contribution in [0, 0.1) is 3.57 Å². The minimum Gasteiger partial charge on any atom is -0.293 e. The van der Waals surface area contributed by atoms with E-state index in [4.69, 9.17) is 0 Å². The van der Waals surface area contributed by atoms with Gasteiger partial charge in [0, 0.05) is 9.13 Å². The second-order valence-electron chi connectivity index (χ2n) is 6.11. The van der Waals surface area contributed by atoms with Crippen molar-refractivity contribution in [3.05, 3.63) is 98.4 Å². The van der Waals surface area contributed by atoms with E-state index in [1.165, 1.54) is 11.8 Å². The van der Waals surface area contributed by atoms with Gasteiger partial charge in [0.15, 0.2) is 10.9 Å². The fourth-order valence-electron chi connectivity index (χ4n) is 2.88. The summed E-state index contributed by atoms with van der Waals surface area (Å²) >= 11 is 3.46. The molecule has 4 rings (SSSR count). The summed E-state index contributed by atoms with van der Waals surface area (Å²) in [6.45, 7) is 0. The molecule has 0 radical (unpaired) electrons. The van der Waals surface area contributed by atoms with E-state index in [0.29, 0.717) is 21.6 Å². The van der Waals surface area contributed by atoms with Crippen LogP contribution in [0.3, 0.4) is 0 Å². The molecule has 4 nitrogen and oxygen atoms in total. The molecule has 3 aromatic carbocycles. The first-order valence-electron chi connectivity index (χ1n) is 8.62. The van der Waals surface area contributed by atoms with Crippen molar-refractivity contribution in [2.75, 3.05) is 5.75 Å². The zero-order valence-electron chi connectivity index (χ0n) is 14.7. The number of carbonyl (C=O) groups excluding carboxylic acids is 1. The van der Waals surface area contributed by atoms with E-state index >= 15 is 0 Å². The minimum absolute atomic E-state index is 0.00201. The molecule has 0 fully saturated rings. The molecule has 0 aliphatic heterocycles. The first kappa shape index (κ1) is 18.9. The number of halogens is 1. The van der Waals surface area contributed by atoms with Gasteiger partial charge in [0.1, 0.15) is 0 Å². The molecule has 4 aromatic rings.